The van der Waals surface area contributed by atoms with Crippen LogP contribution in [0.4, 0.5) is 10.3 Å². The molecule has 2 aromatic heterocycles. The molecular weight excluding hydrogens is 317 g/mol. The second-order valence-corrected chi connectivity index (χ2v) is 4.90. The topological polar surface area (TPSA) is 82.8 Å². The number of nitrogens with two attached hydrogens (primary N) is 1. The van der Waals surface area contributed by atoms with E-state index in [1.807, 2.05) is 0 Å². The van der Waals surface area contributed by atoms with Crippen LogP contribution in [0.25, 0.3) is 11.0 Å². The molecule has 3 aromatic rings. The van der Waals surface area contributed by atoms with Gasteiger partial charge < -0.3 is 14.8 Å². The van der Waals surface area contributed by atoms with E-state index in [9.17, 15) is 4.39 Å². The highest BCUT2D eigenvalue weighted by atomic mass is 79.9. The Morgan fingerprint density at radius 3 is 2.89 bits per heavy atom. The number of fused-ring (bicyclic) bond motifs is 1. The largest absolute Gasteiger partial charge is 0.369 e. The van der Waals surface area contributed by atoms with Crippen LogP contribution in [0.1, 0.15) is 11.7 Å². The number of benzene rings is 1. The number of nitrogens with zero attached hydrogens (tertiary/aromatic N) is 4. The van der Waals surface area contributed by atoms with Gasteiger partial charge in [-0.1, -0.05) is 5.16 Å². The Morgan fingerprint density at radius 1 is 1.42 bits per heavy atom. The summed E-state index contributed by atoms with van der Waals surface area (Å²) in [5.41, 5.74) is 7.01. The van der Waals surface area contributed by atoms with Crippen molar-refractivity contribution in [2.75, 3.05) is 5.73 Å². The van der Waals surface area contributed by atoms with Gasteiger partial charge in [-0.15, -0.1) is 0 Å². The molecule has 0 bridgehead atoms. The van der Waals surface area contributed by atoms with Crippen LogP contribution in [0.3, 0.4) is 0 Å². The van der Waals surface area contributed by atoms with Gasteiger partial charge in [0, 0.05) is 6.07 Å². The molecule has 19 heavy (non-hydrogen) atoms. The van der Waals surface area contributed by atoms with Gasteiger partial charge in [0.2, 0.25) is 11.8 Å². The maximum absolute atomic E-state index is 13.6. The summed E-state index contributed by atoms with van der Waals surface area (Å²) in [5.74, 6) is 0.817. The lowest BCUT2D eigenvalue weighted by atomic mass is 10.3. The number of hydrogen-bond donors (Lipinski definition) is 1. The molecule has 0 saturated heterocycles. The highest BCUT2D eigenvalue weighted by molar-refractivity contribution is 9.10. The molecule has 0 aliphatic rings. The van der Waals surface area contributed by atoms with Crippen molar-refractivity contribution in [1.29, 1.82) is 0 Å². The molecule has 0 fully saturated rings. The van der Waals surface area contributed by atoms with Gasteiger partial charge in [0.05, 0.1) is 15.5 Å². The smallest absolute Gasteiger partial charge is 0.246 e. The average molecular weight is 326 g/mol. The van der Waals surface area contributed by atoms with Crippen molar-refractivity contribution in [3.05, 3.63) is 34.1 Å². The second kappa shape index (κ2) is 4.30. The van der Waals surface area contributed by atoms with Crippen LogP contribution in [0.5, 0.6) is 0 Å². The van der Waals surface area contributed by atoms with Crippen molar-refractivity contribution >= 4 is 32.9 Å². The van der Waals surface area contributed by atoms with Gasteiger partial charge in [0.25, 0.3) is 0 Å². The SMILES string of the molecule is Cc1noc(Cn2c(N)nc3cc(Br)c(F)cc32)n1. The zero-order chi connectivity index (χ0) is 13.6. The van der Waals surface area contributed by atoms with Gasteiger partial charge in [0.1, 0.15) is 12.4 Å². The van der Waals surface area contributed by atoms with Crippen LogP contribution in [0.2, 0.25) is 0 Å². The predicted molar refractivity (Wildman–Crippen MR) is 69.9 cm³/mol. The van der Waals surface area contributed by atoms with Crippen molar-refractivity contribution in [1.82, 2.24) is 19.7 Å². The minimum Gasteiger partial charge on any atom is -0.369 e. The molecule has 1 aromatic carbocycles. The van der Waals surface area contributed by atoms with Gasteiger partial charge in [-0.05, 0) is 28.9 Å². The number of nitrogen functional groups attached to an aromatic ring is 1. The predicted octanol–water partition coefficient (Wildman–Crippen LogP) is 2.26. The van der Waals surface area contributed by atoms with Crippen molar-refractivity contribution in [2.24, 2.45) is 0 Å². The Hall–Kier alpha value is -1.96. The number of aryl methyl sites for hydroxylation is 1. The normalized spacial score (nSPS) is 11.3. The minimum atomic E-state index is -0.379. The number of halogens is 2. The lowest BCUT2D eigenvalue weighted by molar-refractivity contribution is 0.369. The van der Waals surface area contributed by atoms with Crippen LogP contribution in [0, 0.1) is 12.7 Å². The average Bonchev–Trinajstić information content (AvgIpc) is 2.87. The van der Waals surface area contributed by atoms with E-state index in [0.29, 0.717) is 27.2 Å². The van der Waals surface area contributed by atoms with E-state index in [1.165, 1.54) is 6.07 Å². The minimum absolute atomic E-state index is 0.254. The van der Waals surface area contributed by atoms with E-state index in [4.69, 9.17) is 10.3 Å². The van der Waals surface area contributed by atoms with Gasteiger partial charge in [-0.2, -0.15) is 4.98 Å². The molecule has 0 saturated carbocycles. The van der Waals surface area contributed by atoms with Crippen molar-refractivity contribution in [2.45, 2.75) is 13.5 Å². The van der Waals surface area contributed by atoms with Crippen LogP contribution in [0.15, 0.2) is 21.1 Å². The van der Waals surface area contributed by atoms with E-state index in [0.717, 1.165) is 0 Å². The first kappa shape index (κ1) is 12.1. The quantitative estimate of drug-likeness (QED) is 0.781. The summed E-state index contributed by atoms with van der Waals surface area (Å²) in [6, 6.07) is 2.95. The summed E-state index contributed by atoms with van der Waals surface area (Å²) < 4.78 is 20.6. The molecule has 0 radical (unpaired) electrons. The summed E-state index contributed by atoms with van der Waals surface area (Å²) in [6.07, 6.45) is 0. The van der Waals surface area contributed by atoms with Crippen LogP contribution >= 0.6 is 15.9 Å². The standard InChI is InChI=1S/C11H9BrFN5O/c1-5-15-10(19-17-5)4-18-9-3-7(13)6(12)2-8(9)16-11(18)14/h2-3H,4H2,1H3,(H2,14,16). The first-order chi connectivity index (χ1) is 9.04. The van der Waals surface area contributed by atoms with E-state index in [2.05, 4.69) is 31.1 Å². The number of hydrogen-bond acceptors (Lipinski definition) is 5. The fraction of sp³-hybridized carbons (Fsp3) is 0.182. The molecule has 2 N–H and O–H groups in total. The first-order valence-corrected chi connectivity index (χ1v) is 6.24. The number of aromatic nitrogens is 4. The third kappa shape index (κ3) is 2.07. The Bertz CT molecular complexity index is 766. The van der Waals surface area contributed by atoms with E-state index < -0.39 is 0 Å². The van der Waals surface area contributed by atoms with Crippen molar-refractivity contribution in [3.63, 3.8) is 0 Å². The molecule has 0 amide bonds. The maximum atomic E-state index is 13.6. The number of rotatable bonds is 2. The van der Waals surface area contributed by atoms with E-state index >= 15 is 0 Å². The fourth-order valence-electron chi connectivity index (χ4n) is 1.84. The second-order valence-electron chi connectivity index (χ2n) is 4.05. The molecule has 0 aliphatic carbocycles. The summed E-state index contributed by atoms with van der Waals surface area (Å²) in [4.78, 5) is 8.26. The Balaban J connectivity index is 2.12. The summed E-state index contributed by atoms with van der Waals surface area (Å²) in [5, 5.41) is 3.70. The molecule has 98 valence electrons. The zero-order valence-electron chi connectivity index (χ0n) is 9.89. The van der Waals surface area contributed by atoms with Gasteiger partial charge in [-0.25, -0.2) is 9.37 Å². The molecule has 0 unspecified atom stereocenters. The van der Waals surface area contributed by atoms with Gasteiger partial charge >= 0.3 is 0 Å². The third-order valence-electron chi connectivity index (χ3n) is 2.68. The highest BCUT2D eigenvalue weighted by Gasteiger charge is 2.14. The molecular formula is C11H9BrFN5O. The van der Waals surface area contributed by atoms with Crippen molar-refractivity contribution in [3.8, 4) is 0 Å². The molecule has 6 nitrogen and oxygen atoms in total. The Labute approximate surface area is 115 Å². The van der Waals surface area contributed by atoms with E-state index in [1.54, 1.807) is 17.6 Å². The van der Waals surface area contributed by atoms with Gasteiger partial charge in [-0.3, -0.25) is 0 Å². The maximum Gasteiger partial charge on any atom is 0.246 e. The van der Waals surface area contributed by atoms with Crippen LogP contribution < -0.4 is 5.73 Å². The van der Waals surface area contributed by atoms with Crippen LogP contribution in [-0.2, 0) is 6.54 Å². The summed E-state index contributed by atoms with van der Waals surface area (Å²) >= 11 is 3.11. The van der Waals surface area contributed by atoms with Gasteiger partial charge in [0.15, 0.2) is 5.82 Å². The number of imidazole rings is 1. The third-order valence-corrected chi connectivity index (χ3v) is 3.29. The molecule has 8 heteroatoms. The number of anilines is 1. The summed E-state index contributed by atoms with van der Waals surface area (Å²) in [6.45, 7) is 1.98. The van der Waals surface area contributed by atoms with Crippen molar-refractivity contribution < 1.29 is 8.91 Å². The lowest BCUT2D eigenvalue weighted by Crippen LogP contribution is -2.05. The first-order valence-electron chi connectivity index (χ1n) is 5.44. The fourth-order valence-corrected chi connectivity index (χ4v) is 2.18. The Morgan fingerprint density at radius 2 is 2.21 bits per heavy atom. The molecule has 0 atom stereocenters. The molecule has 0 spiro atoms. The molecule has 2 heterocycles. The zero-order valence-corrected chi connectivity index (χ0v) is 11.5. The molecule has 3 rings (SSSR count). The molecule has 0 aliphatic heterocycles. The monoisotopic (exact) mass is 325 g/mol. The highest BCUT2D eigenvalue weighted by Crippen LogP contribution is 2.25. The van der Waals surface area contributed by atoms with Crippen LogP contribution in [-0.4, -0.2) is 19.7 Å². The lowest BCUT2D eigenvalue weighted by Gasteiger charge is -2.02. The Kier molecular flexibility index (Phi) is 2.74. The summed E-state index contributed by atoms with van der Waals surface area (Å²) in [7, 11) is 0. The van der Waals surface area contributed by atoms with E-state index in [-0.39, 0.29) is 18.3 Å².